The van der Waals surface area contributed by atoms with Crippen molar-refractivity contribution < 1.29 is 0 Å². The second kappa shape index (κ2) is 1.42. The van der Waals surface area contributed by atoms with Crippen LogP contribution in [0, 0.1) is 17.3 Å². The van der Waals surface area contributed by atoms with Crippen molar-refractivity contribution in [2.75, 3.05) is 0 Å². The summed E-state index contributed by atoms with van der Waals surface area (Å²) in [6, 6.07) is 0.584. The summed E-state index contributed by atoms with van der Waals surface area (Å²) in [4.78, 5) is 0. The Morgan fingerprint density at radius 3 is 2.30 bits per heavy atom. The molecule has 3 rings (SSSR count). The molecule has 0 aromatic rings. The number of hydrogen-bond acceptors (Lipinski definition) is 1. The fraction of sp³-hybridized carbons (Fsp3) is 1.00. The van der Waals surface area contributed by atoms with E-state index >= 15 is 0 Å². The van der Waals surface area contributed by atoms with Crippen LogP contribution in [0.3, 0.4) is 0 Å². The van der Waals surface area contributed by atoms with Gasteiger partial charge < -0.3 is 5.73 Å². The number of rotatable bonds is 0. The van der Waals surface area contributed by atoms with Crippen molar-refractivity contribution in [3.63, 3.8) is 0 Å². The van der Waals surface area contributed by atoms with Crippen LogP contribution < -0.4 is 5.73 Å². The quantitative estimate of drug-likeness (QED) is 0.538. The molecule has 0 heterocycles. The smallest absolute Gasteiger partial charge is 0.00754 e. The van der Waals surface area contributed by atoms with Gasteiger partial charge in [-0.25, -0.2) is 0 Å². The van der Waals surface area contributed by atoms with Gasteiger partial charge in [0.05, 0.1) is 0 Å². The van der Waals surface area contributed by atoms with Gasteiger partial charge in [0, 0.05) is 6.04 Å². The first kappa shape index (κ1) is 5.59. The van der Waals surface area contributed by atoms with E-state index in [4.69, 9.17) is 5.73 Å². The maximum absolute atomic E-state index is 6.04. The predicted molar refractivity (Wildman–Crippen MR) is 40.5 cm³/mol. The highest BCUT2D eigenvalue weighted by Gasteiger charge is 2.63. The second-order valence-electron chi connectivity index (χ2n) is 4.51. The molecule has 0 radical (unpaired) electrons. The lowest BCUT2D eigenvalue weighted by atomic mass is 9.93. The van der Waals surface area contributed by atoms with Crippen LogP contribution in [-0.2, 0) is 0 Å². The molecule has 3 fully saturated rings. The van der Waals surface area contributed by atoms with Crippen molar-refractivity contribution in [3.8, 4) is 0 Å². The average Bonchev–Trinajstić information content (AvgIpc) is 2.55. The molecule has 0 aliphatic heterocycles. The minimum Gasteiger partial charge on any atom is -0.327 e. The first-order valence-electron chi connectivity index (χ1n) is 4.58. The van der Waals surface area contributed by atoms with Crippen LogP contribution in [-0.4, -0.2) is 6.04 Å². The van der Waals surface area contributed by atoms with Gasteiger partial charge in [-0.05, 0) is 49.4 Å². The lowest BCUT2D eigenvalue weighted by molar-refractivity contribution is 0.366. The molecule has 3 saturated carbocycles. The summed E-state index contributed by atoms with van der Waals surface area (Å²) in [5.74, 6) is 1.99. The molecule has 0 amide bonds. The molecular weight excluding hydrogens is 122 g/mol. The highest BCUT2D eigenvalue weighted by Crippen LogP contribution is 2.70. The van der Waals surface area contributed by atoms with Gasteiger partial charge >= 0.3 is 0 Å². The van der Waals surface area contributed by atoms with E-state index in [1.165, 1.54) is 32.1 Å². The Bertz CT molecular complexity index is 172. The molecule has 1 spiro atoms. The molecule has 1 nitrogen and oxygen atoms in total. The molecule has 2 bridgehead atoms. The first-order chi connectivity index (χ1) is 4.83. The van der Waals surface area contributed by atoms with Gasteiger partial charge in [0.2, 0.25) is 0 Å². The summed E-state index contributed by atoms with van der Waals surface area (Å²) in [7, 11) is 0. The largest absolute Gasteiger partial charge is 0.327 e. The lowest BCUT2D eigenvalue weighted by Crippen LogP contribution is -2.27. The highest BCUT2D eigenvalue weighted by atomic mass is 14.8. The zero-order chi connectivity index (χ0) is 6.77. The summed E-state index contributed by atoms with van der Waals surface area (Å²) >= 11 is 0. The van der Waals surface area contributed by atoms with E-state index in [0.29, 0.717) is 6.04 Å². The average molecular weight is 137 g/mol. The molecule has 0 aromatic carbocycles. The van der Waals surface area contributed by atoms with E-state index in [0.717, 1.165) is 17.3 Å². The fourth-order valence-corrected chi connectivity index (χ4v) is 3.67. The van der Waals surface area contributed by atoms with Crippen molar-refractivity contribution in [2.24, 2.45) is 23.0 Å². The lowest BCUT2D eigenvalue weighted by Gasteiger charge is -2.16. The van der Waals surface area contributed by atoms with Crippen molar-refractivity contribution >= 4 is 0 Å². The third-order valence-corrected chi connectivity index (χ3v) is 4.28. The Labute approximate surface area is 62.0 Å². The van der Waals surface area contributed by atoms with E-state index in [1.54, 1.807) is 0 Å². The van der Waals surface area contributed by atoms with E-state index in [-0.39, 0.29) is 0 Å². The maximum atomic E-state index is 6.04. The Morgan fingerprint density at radius 2 is 2.00 bits per heavy atom. The minimum absolute atomic E-state index is 0.584. The third kappa shape index (κ3) is 0.430. The van der Waals surface area contributed by atoms with Crippen LogP contribution in [0.1, 0.15) is 32.1 Å². The van der Waals surface area contributed by atoms with Crippen LogP contribution in [0.25, 0.3) is 0 Å². The van der Waals surface area contributed by atoms with Crippen molar-refractivity contribution in [3.05, 3.63) is 0 Å². The number of nitrogens with two attached hydrogens (primary N) is 1. The first-order valence-corrected chi connectivity index (χ1v) is 4.58. The van der Waals surface area contributed by atoms with Gasteiger partial charge in [0.1, 0.15) is 0 Å². The fourth-order valence-electron chi connectivity index (χ4n) is 3.67. The van der Waals surface area contributed by atoms with Gasteiger partial charge in [0.15, 0.2) is 0 Å². The maximum Gasteiger partial charge on any atom is 0.00754 e. The van der Waals surface area contributed by atoms with Crippen LogP contribution >= 0.6 is 0 Å². The van der Waals surface area contributed by atoms with Gasteiger partial charge in [-0.1, -0.05) is 0 Å². The second-order valence-corrected chi connectivity index (χ2v) is 4.51. The van der Waals surface area contributed by atoms with Crippen molar-refractivity contribution in [1.29, 1.82) is 0 Å². The number of hydrogen-bond donors (Lipinski definition) is 1. The Kier molecular flexibility index (Phi) is 0.797. The van der Waals surface area contributed by atoms with Crippen molar-refractivity contribution in [2.45, 2.75) is 38.1 Å². The molecule has 10 heavy (non-hydrogen) atoms. The Morgan fingerprint density at radius 1 is 1.20 bits per heavy atom. The normalized spacial score (nSPS) is 54.3. The molecule has 1 heteroatoms. The van der Waals surface area contributed by atoms with E-state index in [9.17, 15) is 0 Å². The van der Waals surface area contributed by atoms with Crippen LogP contribution in [0.5, 0.6) is 0 Å². The van der Waals surface area contributed by atoms with Crippen LogP contribution in [0.2, 0.25) is 0 Å². The topological polar surface area (TPSA) is 26.0 Å². The van der Waals surface area contributed by atoms with Crippen molar-refractivity contribution in [1.82, 2.24) is 0 Å². The molecule has 0 saturated heterocycles. The standard InChI is InChI=1S/C9H15N/c10-8-5-6-1-2-7(8)9(6)3-4-9/h6-8H,1-5,10H2/t6-,7+,8+/m0/s1. The molecule has 56 valence electrons. The van der Waals surface area contributed by atoms with Gasteiger partial charge in [-0.15, -0.1) is 0 Å². The summed E-state index contributed by atoms with van der Waals surface area (Å²) < 4.78 is 0. The van der Waals surface area contributed by atoms with Crippen LogP contribution in [0.15, 0.2) is 0 Å². The minimum atomic E-state index is 0.584. The van der Waals surface area contributed by atoms with Gasteiger partial charge in [-0.3, -0.25) is 0 Å². The third-order valence-electron chi connectivity index (χ3n) is 4.28. The van der Waals surface area contributed by atoms with Crippen LogP contribution in [0.4, 0.5) is 0 Å². The molecule has 3 aliphatic rings. The summed E-state index contributed by atoms with van der Waals surface area (Å²) in [5.41, 5.74) is 6.85. The summed E-state index contributed by atoms with van der Waals surface area (Å²) in [6.07, 6.45) is 7.32. The van der Waals surface area contributed by atoms with E-state index < -0.39 is 0 Å². The zero-order valence-corrected chi connectivity index (χ0v) is 6.34. The Hall–Kier alpha value is -0.0400. The summed E-state index contributed by atoms with van der Waals surface area (Å²) in [6.45, 7) is 0. The molecule has 2 N–H and O–H groups in total. The molecule has 3 atom stereocenters. The highest BCUT2D eigenvalue weighted by molar-refractivity contribution is 5.15. The predicted octanol–water partition coefficient (Wildman–Crippen LogP) is 1.52. The molecular formula is C9H15N. The SMILES string of the molecule is N[C@@H]1C[C@@H]2CC[C@H]1C21CC1. The van der Waals surface area contributed by atoms with E-state index in [1.807, 2.05) is 0 Å². The molecule has 3 aliphatic carbocycles. The monoisotopic (exact) mass is 137 g/mol. The van der Waals surface area contributed by atoms with E-state index in [2.05, 4.69) is 0 Å². The molecule has 0 aromatic heterocycles. The summed E-state index contributed by atoms with van der Waals surface area (Å²) in [5, 5.41) is 0. The zero-order valence-electron chi connectivity index (χ0n) is 6.34. The Balaban J connectivity index is 2.00. The van der Waals surface area contributed by atoms with Gasteiger partial charge in [-0.2, -0.15) is 0 Å². The molecule has 0 unspecified atom stereocenters. The van der Waals surface area contributed by atoms with Gasteiger partial charge in [0.25, 0.3) is 0 Å².